The molecule has 8 heteroatoms. The van der Waals surface area contributed by atoms with Crippen molar-refractivity contribution >= 4 is 16.2 Å². The summed E-state index contributed by atoms with van der Waals surface area (Å²) in [7, 11) is -0.831. The maximum absolute atomic E-state index is 11.1. The number of methoxy groups -OCH3 is 2. The average Bonchev–Trinajstić information content (AvgIpc) is 2.17. The molecule has 7 nitrogen and oxygen atoms in total. The van der Waals surface area contributed by atoms with Crippen LogP contribution in [0.1, 0.15) is 6.42 Å². The van der Waals surface area contributed by atoms with Crippen LogP contribution in [0.4, 0.5) is 0 Å². The molecule has 0 saturated carbocycles. The molecule has 90 valence electrons. The number of carbonyl (C=O) groups is 1. The first kappa shape index (κ1) is 14.3. The molecule has 0 aromatic carbocycles. The molecule has 0 aliphatic carbocycles. The Balaban J connectivity index is 3.70. The summed E-state index contributed by atoms with van der Waals surface area (Å²) >= 11 is 0. The molecule has 0 rings (SSSR count). The molecule has 0 saturated heterocycles. The summed E-state index contributed by atoms with van der Waals surface area (Å²) in [6.07, 6.45) is 0.00167. The molecule has 0 aromatic rings. The van der Waals surface area contributed by atoms with Crippen molar-refractivity contribution in [1.29, 1.82) is 0 Å². The van der Waals surface area contributed by atoms with Gasteiger partial charge in [0.05, 0.1) is 20.1 Å². The summed E-state index contributed by atoms with van der Waals surface area (Å²) in [4.78, 5) is 10.7. The van der Waals surface area contributed by atoms with Crippen molar-refractivity contribution in [2.45, 2.75) is 6.42 Å². The van der Waals surface area contributed by atoms with Gasteiger partial charge in [-0.15, -0.1) is 0 Å². The second-order valence-electron chi connectivity index (χ2n) is 2.61. The number of hydrogen-bond acceptors (Lipinski definition) is 5. The first-order valence-electron chi connectivity index (χ1n) is 4.32. The zero-order valence-corrected chi connectivity index (χ0v) is 9.59. The van der Waals surface area contributed by atoms with E-state index in [9.17, 15) is 13.2 Å². The Labute approximate surface area is 89.3 Å². The molecule has 0 atom stereocenters. The van der Waals surface area contributed by atoms with Gasteiger partial charge in [0.1, 0.15) is 0 Å². The van der Waals surface area contributed by atoms with Gasteiger partial charge < -0.3 is 9.47 Å². The van der Waals surface area contributed by atoms with Crippen LogP contribution in [-0.4, -0.2) is 48.3 Å². The highest BCUT2D eigenvalue weighted by molar-refractivity contribution is 7.87. The van der Waals surface area contributed by atoms with Crippen LogP contribution in [0, 0.1) is 0 Å². The molecule has 0 heterocycles. The molecule has 0 amide bonds. The van der Waals surface area contributed by atoms with Crippen molar-refractivity contribution in [3.63, 3.8) is 0 Å². The van der Waals surface area contributed by atoms with E-state index in [1.54, 1.807) is 0 Å². The van der Waals surface area contributed by atoms with Crippen LogP contribution in [-0.2, 0) is 24.5 Å². The third-order valence-corrected chi connectivity index (χ3v) is 2.62. The first-order chi connectivity index (χ1) is 7.02. The van der Waals surface area contributed by atoms with E-state index in [1.807, 2.05) is 0 Å². The third-order valence-electron chi connectivity index (χ3n) is 1.45. The topological polar surface area (TPSA) is 93.7 Å². The Kier molecular flexibility index (Phi) is 7.22. The molecule has 2 N–H and O–H groups in total. The summed E-state index contributed by atoms with van der Waals surface area (Å²) in [5, 5.41) is 0. The normalized spacial score (nSPS) is 11.3. The minimum atomic E-state index is -3.55. The predicted octanol–water partition coefficient (Wildman–Crippen LogP) is -1.38. The lowest BCUT2D eigenvalue weighted by atomic mass is 10.4. The van der Waals surface area contributed by atoms with Crippen molar-refractivity contribution in [2.75, 3.05) is 33.9 Å². The summed E-state index contributed by atoms with van der Waals surface area (Å²) in [6.45, 7) is 0.483. The summed E-state index contributed by atoms with van der Waals surface area (Å²) in [5.74, 6) is -0.463. The van der Waals surface area contributed by atoms with Gasteiger partial charge in [0.2, 0.25) is 0 Å². The van der Waals surface area contributed by atoms with Gasteiger partial charge >= 0.3 is 5.97 Å². The van der Waals surface area contributed by atoms with Gasteiger partial charge in [-0.2, -0.15) is 13.1 Å². The lowest BCUT2D eigenvalue weighted by Gasteiger charge is -2.06. The molecule has 15 heavy (non-hydrogen) atoms. The fourth-order valence-corrected chi connectivity index (χ4v) is 1.54. The minimum absolute atomic E-state index is 0.00167. The van der Waals surface area contributed by atoms with E-state index >= 15 is 0 Å². The number of esters is 1. The zero-order chi connectivity index (χ0) is 11.7. The number of ether oxygens (including phenoxy) is 2. The Bertz CT molecular complexity index is 277. The van der Waals surface area contributed by atoms with E-state index < -0.39 is 16.2 Å². The SMILES string of the molecule is COCCNS(=O)(=O)NCCC(=O)OC. The van der Waals surface area contributed by atoms with Crippen molar-refractivity contribution < 1.29 is 22.7 Å². The van der Waals surface area contributed by atoms with Crippen LogP contribution in [0.3, 0.4) is 0 Å². The van der Waals surface area contributed by atoms with Gasteiger partial charge in [-0.25, -0.2) is 4.72 Å². The first-order valence-corrected chi connectivity index (χ1v) is 5.80. The molecule has 0 aliphatic heterocycles. The highest BCUT2D eigenvalue weighted by atomic mass is 32.2. The van der Waals surface area contributed by atoms with E-state index in [1.165, 1.54) is 14.2 Å². The highest BCUT2D eigenvalue weighted by Crippen LogP contribution is 1.83. The number of rotatable bonds is 8. The fourth-order valence-electron chi connectivity index (χ4n) is 0.719. The van der Waals surface area contributed by atoms with Crippen molar-refractivity contribution in [2.24, 2.45) is 0 Å². The van der Waals surface area contributed by atoms with E-state index in [2.05, 4.69) is 18.9 Å². The fraction of sp³-hybridized carbons (Fsp3) is 0.857. The Hall–Kier alpha value is -0.700. The quantitative estimate of drug-likeness (QED) is 0.403. The maximum atomic E-state index is 11.1. The monoisotopic (exact) mass is 240 g/mol. The smallest absolute Gasteiger partial charge is 0.306 e. The molecular weight excluding hydrogens is 224 g/mol. The maximum Gasteiger partial charge on any atom is 0.306 e. The molecule has 0 spiro atoms. The van der Waals surface area contributed by atoms with Crippen LogP contribution >= 0.6 is 0 Å². The highest BCUT2D eigenvalue weighted by Gasteiger charge is 2.09. The lowest BCUT2D eigenvalue weighted by molar-refractivity contribution is -0.140. The molecule has 0 unspecified atom stereocenters. The van der Waals surface area contributed by atoms with Gasteiger partial charge in [0.25, 0.3) is 10.2 Å². The Morgan fingerprint density at radius 3 is 2.33 bits per heavy atom. The van der Waals surface area contributed by atoms with Gasteiger partial charge in [0, 0.05) is 20.2 Å². The van der Waals surface area contributed by atoms with Gasteiger partial charge in [-0.05, 0) is 0 Å². The van der Waals surface area contributed by atoms with E-state index in [0.29, 0.717) is 0 Å². The third kappa shape index (κ3) is 8.30. The number of hydrogen-bond donors (Lipinski definition) is 2. The molecular formula is C7H16N2O5S. The van der Waals surface area contributed by atoms with Crippen molar-refractivity contribution in [3.05, 3.63) is 0 Å². The van der Waals surface area contributed by atoms with E-state index in [0.717, 1.165) is 0 Å². The molecule has 0 aliphatic rings. The molecule has 0 radical (unpaired) electrons. The summed E-state index contributed by atoms with van der Waals surface area (Å²) in [6, 6.07) is 0. The zero-order valence-electron chi connectivity index (χ0n) is 8.78. The second-order valence-corrected chi connectivity index (χ2v) is 4.20. The lowest BCUT2D eigenvalue weighted by Crippen LogP contribution is -2.39. The summed E-state index contributed by atoms with van der Waals surface area (Å²) < 4.78 is 35.7. The Morgan fingerprint density at radius 1 is 1.20 bits per heavy atom. The van der Waals surface area contributed by atoms with Gasteiger partial charge in [0.15, 0.2) is 0 Å². The standard InChI is InChI=1S/C7H16N2O5S/c1-13-6-5-9-15(11,12)8-4-3-7(10)14-2/h8-9H,3-6H2,1-2H3. The second kappa shape index (κ2) is 7.57. The molecule has 0 aromatic heterocycles. The van der Waals surface area contributed by atoms with Crippen LogP contribution in [0.2, 0.25) is 0 Å². The van der Waals surface area contributed by atoms with Crippen molar-refractivity contribution in [3.8, 4) is 0 Å². The van der Waals surface area contributed by atoms with Crippen LogP contribution in [0.15, 0.2) is 0 Å². The van der Waals surface area contributed by atoms with E-state index in [4.69, 9.17) is 0 Å². The van der Waals surface area contributed by atoms with Crippen molar-refractivity contribution in [1.82, 2.24) is 9.44 Å². The minimum Gasteiger partial charge on any atom is -0.469 e. The van der Waals surface area contributed by atoms with Gasteiger partial charge in [-0.3, -0.25) is 4.79 Å². The van der Waals surface area contributed by atoms with Gasteiger partial charge in [-0.1, -0.05) is 0 Å². The van der Waals surface area contributed by atoms with Crippen LogP contribution in [0.25, 0.3) is 0 Å². The molecule has 0 fully saturated rings. The summed E-state index contributed by atoms with van der Waals surface area (Å²) in [5.41, 5.74) is 0. The number of nitrogens with one attached hydrogen (secondary N) is 2. The predicted molar refractivity (Wildman–Crippen MR) is 53.4 cm³/mol. The van der Waals surface area contributed by atoms with Crippen LogP contribution in [0.5, 0.6) is 0 Å². The largest absolute Gasteiger partial charge is 0.469 e. The van der Waals surface area contributed by atoms with Crippen LogP contribution < -0.4 is 9.44 Å². The molecule has 0 bridgehead atoms. The average molecular weight is 240 g/mol. The van der Waals surface area contributed by atoms with E-state index in [-0.39, 0.29) is 26.1 Å². The number of carbonyl (C=O) groups excluding carboxylic acids is 1. The Morgan fingerprint density at radius 2 is 1.80 bits per heavy atom.